The average molecular weight is 321 g/mol. The molecule has 0 unspecified atom stereocenters. The van der Waals surface area contributed by atoms with E-state index < -0.39 is 0 Å². The van der Waals surface area contributed by atoms with Crippen LogP contribution in [0.15, 0.2) is 65.5 Å². The van der Waals surface area contributed by atoms with Crippen LogP contribution in [0, 0.1) is 0 Å². The van der Waals surface area contributed by atoms with Gasteiger partial charge in [0.15, 0.2) is 0 Å². The van der Waals surface area contributed by atoms with E-state index in [0.29, 0.717) is 5.95 Å². The van der Waals surface area contributed by atoms with E-state index in [1.165, 1.54) is 6.07 Å². The van der Waals surface area contributed by atoms with Gasteiger partial charge in [-0.15, -0.1) is 0 Å². The first-order chi connectivity index (χ1) is 11.6. The van der Waals surface area contributed by atoms with Gasteiger partial charge >= 0.3 is 0 Å². The summed E-state index contributed by atoms with van der Waals surface area (Å²) in [5.41, 5.74) is 1.41. The maximum absolute atomic E-state index is 11.7. The minimum Gasteiger partial charge on any atom is -0.457 e. The predicted octanol–water partition coefficient (Wildman–Crippen LogP) is 4.43. The molecule has 0 aliphatic heterocycles. The summed E-state index contributed by atoms with van der Waals surface area (Å²) in [6.07, 6.45) is 0. The van der Waals surface area contributed by atoms with Gasteiger partial charge in [-0.05, 0) is 42.3 Å². The van der Waals surface area contributed by atoms with Crippen molar-refractivity contribution in [3.8, 4) is 11.5 Å². The summed E-state index contributed by atoms with van der Waals surface area (Å²) in [6.45, 7) is 4.00. The number of benzene rings is 2. The lowest BCUT2D eigenvalue weighted by molar-refractivity contribution is 0.483. The zero-order valence-electron chi connectivity index (χ0n) is 13.6. The highest BCUT2D eigenvalue weighted by Gasteiger charge is 2.05. The van der Waals surface area contributed by atoms with Crippen molar-refractivity contribution in [3.63, 3.8) is 0 Å². The molecule has 5 heteroatoms. The molecule has 0 radical (unpaired) electrons. The highest BCUT2D eigenvalue weighted by Crippen LogP contribution is 2.23. The predicted molar refractivity (Wildman–Crippen MR) is 95.2 cm³/mol. The van der Waals surface area contributed by atoms with Gasteiger partial charge in [0.2, 0.25) is 5.95 Å². The fourth-order valence-electron chi connectivity index (χ4n) is 2.20. The zero-order chi connectivity index (χ0) is 16.9. The Kier molecular flexibility index (Phi) is 4.61. The second-order valence-electron chi connectivity index (χ2n) is 5.74. The molecule has 0 amide bonds. The van der Waals surface area contributed by atoms with Crippen LogP contribution in [0.2, 0.25) is 0 Å². The summed E-state index contributed by atoms with van der Waals surface area (Å²) in [4.78, 5) is 18.8. The zero-order valence-corrected chi connectivity index (χ0v) is 13.6. The van der Waals surface area contributed by atoms with E-state index in [4.69, 9.17) is 4.74 Å². The number of rotatable bonds is 5. The molecule has 0 aliphatic carbocycles. The molecular formula is C19H19N3O2. The first kappa shape index (κ1) is 15.8. The SMILES string of the molecule is CC(C)c1cc(=O)[nH]c(Nc2ccc(Oc3ccccc3)cc2)n1. The largest absolute Gasteiger partial charge is 0.457 e. The molecule has 0 fully saturated rings. The molecule has 0 aliphatic rings. The van der Waals surface area contributed by atoms with E-state index in [0.717, 1.165) is 22.9 Å². The van der Waals surface area contributed by atoms with Crippen LogP contribution in [-0.2, 0) is 0 Å². The van der Waals surface area contributed by atoms with Gasteiger partial charge in [-0.3, -0.25) is 9.78 Å². The van der Waals surface area contributed by atoms with E-state index in [-0.39, 0.29) is 11.5 Å². The summed E-state index contributed by atoms with van der Waals surface area (Å²) in [5.74, 6) is 2.15. The summed E-state index contributed by atoms with van der Waals surface area (Å²) in [7, 11) is 0. The molecule has 0 saturated heterocycles. The average Bonchev–Trinajstić information content (AvgIpc) is 2.57. The van der Waals surface area contributed by atoms with Crippen LogP contribution in [0.1, 0.15) is 25.5 Å². The van der Waals surface area contributed by atoms with Gasteiger partial charge in [-0.25, -0.2) is 4.98 Å². The minimum absolute atomic E-state index is 0.166. The van der Waals surface area contributed by atoms with Gasteiger partial charge in [0.05, 0.1) is 5.69 Å². The van der Waals surface area contributed by atoms with Crippen molar-refractivity contribution in [3.05, 3.63) is 76.7 Å². The van der Waals surface area contributed by atoms with Gasteiger partial charge in [-0.1, -0.05) is 32.0 Å². The first-order valence-electron chi connectivity index (χ1n) is 7.81. The van der Waals surface area contributed by atoms with E-state index in [1.54, 1.807) is 0 Å². The fourth-order valence-corrected chi connectivity index (χ4v) is 2.20. The lowest BCUT2D eigenvalue weighted by Gasteiger charge is -2.10. The summed E-state index contributed by atoms with van der Waals surface area (Å²) >= 11 is 0. The van der Waals surface area contributed by atoms with Crippen LogP contribution in [0.3, 0.4) is 0 Å². The smallest absolute Gasteiger partial charge is 0.252 e. The molecule has 3 rings (SSSR count). The third-order valence-corrected chi connectivity index (χ3v) is 3.45. The highest BCUT2D eigenvalue weighted by molar-refractivity contribution is 5.54. The van der Waals surface area contributed by atoms with Gasteiger partial charge in [0, 0.05) is 11.8 Å². The van der Waals surface area contributed by atoms with Crippen LogP contribution >= 0.6 is 0 Å². The Balaban J connectivity index is 1.74. The van der Waals surface area contributed by atoms with Crippen molar-refractivity contribution >= 4 is 11.6 Å². The number of hydrogen-bond donors (Lipinski definition) is 2. The molecule has 0 bridgehead atoms. The number of nitrogens with zero attached hydrogens (tertiary/aromatic N) is 1. The quantitative estimate of drug-likeness (QED) is 0.729. The van der Waals surface area contributed by atoms with Crippen molar-refractivity contribution < 1.29 is 4.74 Å². The van der Waals surface area contributed by atoms with Crippen molar-refractivity contribution in [2.45, 2.75) is 19.8 Å². The normalized spacial score (nSPS) is 10.6. The molecule has 122 valence electrons. The Morgan fingerprint density at radius 2 is 1.67 bits per heavy atom. The molecular weight excluding hydrogens is 302 g/mol. The number of anilines is 2. The van der Waals surface area contributed by atoms with Crippen molar-refractivity contribution in [2.24, 2.45) is 0 Å². The Hall–Kier alpha value is -3.08. The topological polar surface area (TPSA) is 67.0 Å². The summed E-state index contributed by atoms with van der Waals surface area (Å²) in [5, 5.41) is 3.11. The number of nitrogens with one attached hydrogen (secondary N) is 2. The summed E-state index contributed by atoms with van der Waals surface area (Å²) < 4.78 is 5.75. The number of para-hydroxylation sites is 1. The van der Waals surface area contributed by atoms with Gasteiger partial charge in [0.25, 0.3) is 5.56 Å². The molecule has 3 aromatic rings. The lowest BCUT2D eigenvalue weighted by atomic mass is 10.1. The Labute approximate surface area is 140 Å². The van der Waals surface area contributed by atoms with Crippen molar-refractivity contribution in [1.82, 2.24) is 9.97 Å². The van der Waals surface area contributed by atoms with Crippen molar-refractivity contribution in [2.75, 3.05) is 5.32 Å². The van der Waals surface area contributed by atoms with Crippen LogP contribution < -0.4 is 15.6 Å². The van der Waals surface area contributed by atoms with Crippen LogP contribution in [0.4, 0.5) is 11.6 Å². The lowest BCUT2D eigenvalue weighted by Crippen LogP contribution is -2.12. The van der Waals surface area contributed by atoms with E-state index in [9.17, 15) is 4.79 Å². The van der Waals surface area contributed by atoms with Crippen LogP contribution in [0.25, 0.3) is 0 Å². The Bertz CT molecular complexity index is 856. The number of aromatic amines is 1. The molecule has 5 nitrogen and oxygen atoms in total. The molecule has 0 saturated carbocycles. The van der Waals surface area contributed by atoms with E-state index in [2.05, 4.69) is 15.3 Å². The molecule has 2 aromatic carbocycles. The third-order valence-electron chi connectivity index (χ3n) is 3.45. The number of ether oxygens (including phenoxy) is 1. The summed E-state index contributed by atoms with van der Waals surface area (Å²) in [6, 6.07) is 18.6. The number of aromatic nitrogens is 2. The second kappa shape index (κ2) is 7.00. The monoisotopic (exact) mass is 321 g/mol. The van der Waals surface area contributed by atoms with Crippen LogP contribution in [0.5, 0.6) is 11.5 Å². The van der Waals surface area contributed by atoms with Crippen LogP contribution in [-0.4, -0.2) is 9.97 Å². The minimum atomic E-state index is -0.166. The molecule has 1 heterocycles. The van der Waals surface area contributed by atoms with Gasteiger partial charge in [0.1, 0.15) is 11.5 Å². The Morgan fingerprint density at radius 3 is 2.33 bits per heavy atom. The molecule has 24 heavy (non-hydrogen) atoms. The second-order valence-corrected chi connectivity index (χ2v) is 5.74. The number of hydrogen-bond acceptors (Lipinski definition) is 4. The molecule has 0 spiro atoms. The van der Waals surface area contributed by atoms with Gasteiger partial charge in [-0.2, -0.15) is 0 Å². The van der Waals surface area contributed by atoms with Crippen molar-refractivity contribution in [1.29, 1.82) is 0 Å². The molecule has 0 atom stereocenters. The third kappa shape index (κ3) is 4.01. The standard InChI is InChI=1S/C19H19N3O2/c1-13(2)17-12-18(23)22-19(21-17)20-14-8-10-16(11-9-14)24-15-6-4-3-5-7-15/h3-13H,1-2H3,(H2,20,21,22,23). The maximum atomic E-state index is 11.7. The Morgan fingerprint density at radius 1 is 1.00 bits per heavy atom. The van der Waals surface area contributed by atoms with Gasteiger partial charge < -0.3 is 10.1 Å². The number of H-pyrrole nitrogens is 1. The van der Waals surface area contributed by atoms with E-state index in [1.807, 2.05) is 68.4 Å². The molecule has 2 N–H and O–H groups in total. The fraction of sp³-hybridized carbons (Fsp3) is 0.158. The molecule has 1 aromatic heterocycles. The maximum Gasteiger partial charge on any atom is 0.252 e. The first-order valence-corrected chi connectivity index (χ1v) is 7.81. The van der Waals surface area contributed by atoms with E-state index >= 15 is 0 Å². The highest BCUT2D eigenvalue weighted by atomic mass is 16.5.